The van der Waals surface area contributed by atoms with Gasteiger partial charge >= 0.3 is 0 Å². The van der Waals surface area contributed by atoms with Gasteiger partial charge in [0.15, 0.2) is 0 Å². The summed E-state index contributed by atoms with van der Waals surface area (Å²) in [6.07, 6.45) is 10.7. The minimum absolute atomic E-state index is 0.321. The van der Waals surface area contributed by atoms with Crippen LogP contribution in [0.4, 0.5) is 0 Å². The van der Waals surface area contributed by atoms with Gasteiger partial charge in [0.25, 0.3) is 0 Å². The average molecular weight is 399 g/mol. The summed E-state index contributed by atoms with van der Waals surface area (Å²) < 4.78 is 0. The molecule has 0 unspecified atom stereocenters. The van der Waals surface area contributed by atoms with Crippen molar-refractivity contribution < 1.29 is 0 Å². The predicted molar refractivity (Wildman–Crippen MR) is 120 cm³/mol. The largest absolute Gasteiger partial charge is 0.339 e. The maximum atomic E-state index is 4.63. The molecular formula is C24H26N6. The van der Waals surface area contributed by atoms with Crippen LogP contribution in [0.25, 0.3) is 28.2 Å². The second kappa shape index (κ2) is 7.95. The van der Waals surface area contributed by atoms with Gasteiger partial charge in [-0.15, -0.1) is 0 Å². The summed E-state index contributed by atoms with van der Waals surface area (Å²) in [7, 11) is 0. The third-order valence-corrected chi connectivity index (χ3v) is 5.89. The highest BCUT2D eigenvalue weighted by Gasteiger charge is 2.19. The summed E-state index contributed by atoms with van der Waals surface area (Å²) in [5.74, 6) is 1.47. The normalized spacial score (nSPS) is 18.7. The number of hydrogen-bond donors (Lipinski definition) is 2. The van der Waals surface area contributed by atoms with E-state index in [9.17, 15) is 0 Å². The topological polar surface area (TPSA) is 78.9 Å². The first-order valence-electron chi connectivity index (χ1n) is 10.6. The summed E-state index contributed by atoms with van der Waals surface area (Å²) in [5, 5.41) is 3.46. The lowest BCUT2D eigenvalue weighted by atomic mass is 9.97. The Balaban J connectivity index is 1.29. The van der Waals surface area contributed by atoms with E-state index in [1.54, 1.807) is 0 Å². The van der Waals surface area contributed by atoms with Crippen LogP contribution in [0.2, 0.25) is 0 Å². The summed E-state index contributed by atoms with van der Waals surface area (Å²) in [5.41, 5.74) is 7.38. The lowest BCUT2D eigenvalue weighted by Gasteiger charge is -2.08. The Morgan fingerprint density at radius 1 is 0.933 bits per heavy atom. The standard InChI is InChI=1S/C24H26N6/c1-15(2)20-10-18(11-26-20)16-5-7-17(8-6-16)21-12-28-22(13-27-21)23-14-29-24(30-23)19-4-3-9-25-19/h5-8,11-15,19,25H,3-4,9-10H2,1-2H3,(H,29,30)/t19-/m0/s1. The molecule has 4 heterocycles. The van der Waals surface area contributed by atoms with Crippen LogP contribution in [-0.4, -0.2) is 32.2 Å². The number of rotatable bonds is 5. The second-order valence-electron chi connectivity index (χ2n) is 8.30. The van der Waals surface area contributed by atoms with Crippen molar-refractivity contribution >= 4 is 11.3 Å². The molecule has 1 atom stereocenters. The van der Waals surface area contributed by atoms with E-state index >= 15 is 0 Å². The molecule has 0 spiro atoms. The molecule has 6 nitrogen and oxygen atoms in total. The van der Waals surface area contributed by atoms with Crippen LogP contribution in [0.5, 0.6) is 0 Å². The lowest BCUT2D eigenvalue weighted by molar-refractivity contribution is 0.613. The Hall–Kier alpha value is -3.12. The number of aromatic nitrogens is 4. The molecule has 0 amide bonds. The van der Waals surface area contributed by atoms with Crippen molar-refractivity contribution in [2.45, 2.75) is 39.2 Å². The molecule has 2 aromatic heterocycles. The van der Waals surface area contributed by atoms with E-state index < -0.39 is 0 Å². The molecule has 30 heavy (non-hydrogen) atoms. The van der Waals surface area contributed by atoms with Gasteiger partial charge < -0.3 is 10.3 Å². The SMILES string of the molecule is CC(C)C1=NC=C(c2ccc(-c3cnc(-c4cnc([C@@H]5CCCN5)[nH]4)cn3)cc2)C1. The van der Waals surface area contributed by atoms with Gasteiger partial charge in [-0.3, -0.25) is 15.0 Å². The third-order valence-electron chi connectivity index (χ3n) is 5.89. The molecule has 2 N–H and O–H groups in total. The lowest BCUT2D eigenvalue weighted by Crippen LogP contribution is -2.14. The van der Waals surface area contributed by atoms with Crippen LogP contribution in [0, 0.1) is 5.92 Å². The quantitative estimate of drug-likeness (QED) is 0.647. The van der Waals surface area contributed by atoms with Crippen molar-refractivity contribution in [1.29, 1.82) is 0 Å². The van der Waals surface area contributed by atoms with Crippen LogP contribution >= 0.6 is 0 Å². The number of H-pyrrole nitrogens is 1. The van der Waals surface area contributed by atoms with Gasteiger partial charge in [0.05, 0.1) is 36.0 Å². The van der Waals surface area contributed by atoms with Crippen LogP contribution < -0.4 is 5.32 Å². The van der Waals surface area contributed by atoms with Crippen molar-refractivity contribution in [3.63, 3.8) is 0 Å². The number of allylic oxidation sites excluding steroid dienone is 1. The minimum Gasteiger partial charge on any atom is -0.339 e. The first-order valence-corrected chi connectivity index (χ1v) is 10.6. The summed E-state index contributed by atoms with van der Waals surface area (Å²) in [6, 6.07) is 8.82. The number of hydrogen-bond acceptors (Lipinski definition) is 5. The van der Waals surface area contributed by atoms with E-state index in [-0.39, 0.29) is 0 Å². The molecule has 6 heteroatoms. The summed E-state index contributed by atoms with van der Waals surface area (Å²) >= 11 is 0. The molecule has 0 radical (unpaired) electrons. The highest BCUT2D eigenvalue weighted by Crippen LogP contribution is 2.28. The second-order valence-corrected chi connectivity index (χ2v) is 8.30. The number of aliphatic imine (C=N–C) groups is 1. The van der Waals surface area contributed by atoms with Gasteiger partial charge in [0.2, 0.25) is 0 Å². The van der Waals surface area contributed by atoms with Gasteiger partial charge in [-0.05, 0) is 36.4 Å². The zero-order valence-corrected chi connectivity index (χ0v) is 17.4. The molecule has 1 aromatic carbocycles. The zero-order valence-electron chi connectivity index (χ0n) is 17.4. The van der Waals surface area contributed by atoms with Crippen molar-refractivity contribution in [3.05, 3.63) is 60.4 Å². The molecule has 1 fully saturated rings. The fourth-order valence-electron chi connectivity index (χ4n) is 4.01. The van der Waals surface area contributed by atoms with E-state index in [2.05, 4.69) is 68.4 Å². The van der Waals surface area contributed by atoms with Gasteiger partial charge in [0, 0.05) is 23.9 Å². The fourth-order valence-corrected chi connectivity index (χ4v) is 4.01. The van der Waals surface area contributed by atoms with Crippen LogP contribution in [0.15, 0.2) is 54.0 Å². The zero-order chi connectivity index (χ0) is 20.5. The molecule has 2 aliphatic heterocycles. The van der Waals surface area contributed by atoms with Gasteiger partial charge in [0.1, 0.15) is 11.5 Å². The van der Waals surface area contributed by atoms with Crippen LogP contribution in [-0.2, 0) is 0 Å². The average Bonchev–Trinajstić information content (AvgIpc) is 3.55. The Labute approximate surface area is 176 Å². The van der Waals surface area contributed by atoms with Crippen LogP contribution in [0.1, 0.15) is 50.5 Å². The monoisotopic (exact) mass is 398 g/mol. The molecule has 0 saturated carbocycles. The van der Waals surface area contributed by atoms with E-state index in [1.807, 2.05) is 24.8 Å². The molecular weight excluding hydrogens is 372 g/mol. The smallest absolute Gasteiger partial charge is 0.123 e. The fraction of sp³-hybridized carbons (Fsp3) is 0.333. The maximum Gasteiger partial charge on any atom is 0.123 e. The first kappa shape index (κ1) is 18.9. The molecule has 152 valence electrons. The predicted octanol–water partition coefficient (Wildman–Crippen LogP) is 4.80. The summed E-state index contributed by atoms with van der Waals surface area (Å²) in [6.45, 7) is 5.44. The Bertz CT molecular complexity index is 1080. The highest BCUT2D eigenvalue weighted by atomic mass is 15.0. The molecule has 3 aromatic rings. The van der Waals surface area contributed by atoms with Gasteiger partial charge in [-0.25, -0.2) is 4.98 Å². The Kier molecular flexibility index (Phi) is 5.01. The van der Waals surface area contributed by atoms with Crippen molar-refractivity contribution in [3.8, 4) is 22.6 Å². The van der Waals surface area contributed by atoms with Crippen molar-refractivity contribution in [2.75, 3.05) is 6.54 Å². The number of nitrogens with zero attached hydrogens (tertiary/aromatic N) is 4. The molecule has 2 aliphatic rings. The summed E-state index contributed by atoms with van der Waals surface area (Å²) in [4.78, 5) is 21.7. The van der Waals surface area contributed by atoms with Crippen molar-refractivity contribution in [1.82, 2.24) is 25.3 Å². The third kappa shape index (κ3) is 3.71. The Morgan fingerprint density at radius 3 is 2.37 bits per heavy atom. The van der Waals surface area contributed by atoms with E-state index in [4.69, 9.17) is 0 Å². The number of nitrogens with one attached hydrogen (secondary N) is 2. The van der Waals surface area contributed by atoms with E-state index in [0.717, 1.165) is 47.9 Å². The first-order chi connectivity index (χ1) is 14.7. The number of benzene rings is 1. The highest BCUT2D eigenvalue weighted by molar-refractivity contribution is 5.99. The van der Waals surface area contributed by atoms with Crippen molar-refractivity contribution in [2.24, 2.45) is 10.9 Å². The van der Waals surface area contributed by atoms with Crippen LogP contribution in [0.3, 0.4) is 0 Å². The van der Waals surface area contributed by atoms with E-state index in [1.165, 1.54) is 23.3 Å². The van der Waals surface area contributed by atoms with Gasteiger partial charge in [-0.1, -0.05) is 38.1 Å². The van der Waals surface area contributed by atoms with E-state index in [0.29, 0.717) is 12.0 Å². The van der Waals surface area contributed by atoms with Gasteiger partial charge in [-0.2, -0.15) is 0 Å². The molecule has 5 rings (SSSR count). The minimum atomic E-state index is 0.321. The Morgan fingerprint density at radius 2 is 1.70 bits per heavy atom. The number of imidazole rings is 1. The molecule has 0 aliphatic carbocycles. The number of aromatic amines is 1. The molecule has 0 bridgehead atoms. The molecule has 1 saturated heterocycles. The maximum absolute atomic E-state index is 4.63.